The lowest BCUT2D eigenvalue weighted by molar-refractivity contribution is -0.137. The lowest BCUT2D eigenvalue weighted by Crippen LogP contribution is -2.50. The topological polar surface area (TPSA) is 40.6 Å². The van der Waals surface area contributed by atoms with Gasteiger partial charge in [-0.25, -0.2) is 0 Å². The van der Waals surface area contributed by atoms with Gasteiger partial charge in [0.05, 0.1) is 0 Å². The molecule has 2 aliphatic rings. The summed E-state index contributed by atoms with van der Waals surface area (Å²) < 4.78 is 0. The first-order valence-electron chi connectivity index (χ1n) is 9.79. The van der Waals surface area contributed by atoms with Crippen molar-refractivity contribution in [2.45, 2.75) is 45.8 Å². The molecular weight excluding hydrogens is 336 g/mol. The van der Waals surface area contributed by atoms with Crippen LogP contribution < -0.4 is 0 Å². The molecule has 0 fully saturated rings. The Kier molecular flexibility index (Phi) is 4.73. The van der Waals surface area contributed by atoms with Gasteiger partial charge in [0.1, 0.15) is 6.04 Å². The fraction of sp³-hybridized carbons (Fsp3) is 0.391. The van der Waals surface area contributed by atoms with Gasteiger partial charge in [-0.05, 0) is 41.5 Å². The van der Waals surface area contributed by atoms with Crippen molar-refractivity contribution >= 4 is 11.8 Å². The number of hydrogen-bond acceptors (Lipinski definition) is 2. The van der Waals surface area contributed by atoms with Crippen molar-refractivity contribution in [2.75, 3.05) is 6.54 Å². The van der Waals surface area contributed by atoms with Crippen LogP contribution in [0.1, 0.15) is 47.3 Å². The zero-order valence-electron chi connectivity index (χ0n) is 16.0. The highest BCUT2D eigenvalue weighted by Gasteiger charge is 2.38. The first-order chi connectivity index (χ1) is 13.0. The van der Waals surface area contributed by atoms with E-state index in [-0.39, 0.29) is 11.8 Å². The maximum absolute atomic E-state index is 13.5. The predicted octanol–water partition coefficient (Wildman–Crippen LogP) is 3.64. The van der Waals surface area contributed by atoms with Crippen LogP contribution in [0.4, 0.5) is 0 Å². The Morgan fingerprint density at radius 2 is 1.63 bits per heavy atom. The first-order valence-corrected chi connectivity index (χ1v) is 9.79. The minimum Gasteiger partial charge on any atom is -0.336 e. The molecule has 4 heteroatoms. The normalized spacial score (nSPS) is 17.1. The van der Waals surface area contributed by atoms with Crippen LogP contribution in [0.15, 0.2) is 48.5 Å². The third kappa shape index (κ3) is 3.36. The Bertz CT molecular complexity index is 874. The molecular formula is C23H26N2O2. The number of hydrogen-bond donors (Lipinski definition) is 0. The van der Waals surface area contributed by atoms with Crippen molar-refractivity contribution in [1.82, 2.24) is 9.80 Å². The van der Waals surface area contributed by atoms with E-state index in [4.69, 9.17) is 0 Å². The number of rotatable bonds is 4. The molecule has 0 aromatic heterocycles. The van der Waals surface area contributed by atoms with Crippen LogP contribution in [0.5, 0.6) is 0 Å². The van der Waals surface area contributed by atoms with Crippen LogP contribution >= 0.6 is 0 Å². The summed E-state index contributed by atoms with van der Waals surface area (Å²) in [4.78, 5) is 30.1. The molecule has 0 bridgehead atoms. The van der Waals surface area contributed by atoms with E-state index in [1.807, 2.05) is 35.2 Å². The number of nitrogens with zero attached hydrogens (tertiary/aromatic N) is 2. The molecule has 0 spiro atoms. The third-order valence-corrected chi connectivity index (χ3v) is 5.65. The van der Waals surface area contributed by atoms with Crippen molar-refractivity contribution < 1.29 is 9.59 Å². The largest absolute Gasteiger partial charge is 0.336 e. The molecule has 140 valence electrons. The summed E-state index contributed by atoms with van der Waals surface area (Å²) in [6, 6.07) is 15.6. The van der Waals surface area contributed by atoms with Crippen molar-refractivity contribution in [1.29, 1.82) is 0 Å². The van der Waals surface area contributed by atoms with E-state index in [1.54, 1.807) is 4.90 Å². The van der Waals surface area contributed by atoms with E-state index in [9.17, 15) is 9.59 Å². The zero-order chi connectivity index (χ0) is 19.0. The number of carbonyl (C=O) groups is 2. The van der Waals surface area contributed by atoms with Gasteiger partial charge in [-0.3, -0.25) is 9.59 Å². The average molecular weight is 362 g/mol. The standard InChI is InChI=1S/C23H26N2O2/c1-16(2)13-21(25-15-19-9-5-6-10-20(19)22(25)26)23(27)24-12-11-17-7-3-4-8-18(17)14-24/h3-10,16,21H,11-15H2,1-2H3/t21-/m1/s1. The molecule has 27 heavy (non-hydrogen) atoms. The van der Waals surface area contributed by atoms with Gasteiger partial charge in [-0.2, -0.15) is 0 Å². The SMILES string of the molecule is CC(C)C[C@H](C(=O)N1CCc2ccccc2C1)N1Cc2ccccc2C1=O. The second-order valence-electron chi connectivity index (χ2n) is 8.01. The fourth-order valence-electron chi connectivity index (χ4n) is 4.23. The fourth-order valence-corrected chi connectivity index (χ4v) is 4.23. The van der Waals surface area contributed by atoms with Crippen molar-refractivity contribution in [3.8, 4) is 0 Å². The van der Waals surface area contributed by atoms with Gasteiger partial charge in [0, 0.05) is 25.2 Å². The van der Waals surface area contributed by atoms with Crippen LogP contribution in [0.25, 0.3) is 0 Å². The number of amides is 2. The molecule has 0 unspecified atom stereocenters. The molecule has 0 N–H and O–H groups in total. The Morgan fingerprint density at radius 1 is 0.963 bits per heavy atom. The van der Waals surface area contributed by atoms with Gasteiger partial charge in [-0.15, -0.1) is 0 Å². The van der Waals surface area contributed by atoms with Crippen LogP contribution in [-0.2, 0) is 24.3 Å². The van der Waals surface area contributed by atoms with E-state index >= 15 is 0 Å². The van der Waals surface area contributed by atoms with Gasteiger partial charge < -0.3 is 9.80 Å². The van der Waals surface area contributed by atoms with Crippen molar-refractivity contribution in [3.63, 3.8) is 0 Å². The molecule has 0 aliphatic carbocycles. The van der Waals surface area contributed by atoms with E-state index in [0.29, 0.717) is 25.4 Å². The number of benzene rings is 2. The lowest BCUT2D eigenvalue weighted by atomic mass is 9.97. The second kappa shape index (κ2) is 7.18. The molecule has 4 rings (SSSR count). The van der Waals surface area contributed by atoms with E-state index < -0.39 is 6.04 Å². The van der Waals surface area contributed by atoms with Gasteiger partial charge in [0.15, 0.2) is 0 Å². The highest BCUT2D eigenvalue weighted by Crippen LogP contribution is 2.29. The predicted molar refractivity (Wildman–Crippen MR) is 105 cm³/mol. The summed E-state index contributed by atoms with van der Waals surface area (Å²) in [6.07, 6.45) is 1.57. The van der Waals surface area contributed by atoms with Crippen LogP contribution in [0, 0.1) is 5.92 Å². The average Bonchev–Trinajstić information content (AvgIpc) is 3.02. The Balaban J connectivity index is 1.58. The molecule has 2 aromatic rings. The minimum absolute atomic E-state index is 0.0120. The van der Waals surface area contributed by atoms with Gasteiger partial charge >= 0.3 is 0 Å². The molecule has 0 saturated heterocycles. The number of fused-ring (bicyclic) bond motifs is 2. The quantitative estimate of drug-likeness (QED) is 0.833. The van der Waals surface area contributed by atoms with Crippen LogP contribution in [-0.4, -0.2) is 34.2 Å². The summed E-state index contributed by atoms with van der Waals surface area (Å²) in [7, 11) is 0. The highest BCUT2D eigenvalue weighted by molar-refractivity contribution is 6.01. The van der Waals surface area contributed by atoms with Gasteiger partial charge in [0.2, 0.25) is 5.91 Å². The highest BCUT2D eigenvalue weighted by atomic mass is 16.2. The summed E-state index contributed by atoms with van der Waals surface area (Å²) in [5, 5.41) is 0. The second-order valence-corrected chi connectivity index (χ2v) is 8.01. The zero-order valence-corrected chi connectivity index (χ0v) is 16.0. The van der Waals surface area contributed by atoms with E-state index in [2.05, 4.69) is 32.0 Å². The maximum Gasteiger partial charge on any atom is 0.255 e. The molecule has 4 nitrogen and oxygen atoms in total. The molecule has 2 aliphatic heterocycles. The Hall–Kier alpha value is -2.62. The Labute approximate surface area is 160 Å². The monoisotopic (exact) mass is 362 g/mol. The Morgan fingerprint density at radius 3 is 2.33 bits per heavy atom. The third-order valence-electron chi connectivity index (χ3n) is 5.65. The van der Waals surface area contributed by atoms with Crippen LogP contribution in [0.3, 0.4) is 0 Å². The van der Waals surface area contributed by atoms with E-state index in [1.165, 1.54) is 11.1 Å². The van der Waals surface area contributed by atoms with Gasteiger partial charge in [0.25, 0.3) is 5.91 Å². The molecule has 2 heterocycles. The molecule has 2 aromatic carbocycles. The van der Waals surface area contributed by atoms with Crippen molar-refractivity contribution in [2.24, 2.45) is 5.92 Å². The molecule has 1 atom stereocenters. The molecule has 0 saturated carbocycles. The minimum atomic E-state index is -0.393. The summed E-state index contributed by atoms with van der Waals surface area (Å²) in [6.45, 7) is 6.11. The van der Waals surface area contributed by atoms with Crippen molar-refractivity contribution in [3.05, 3.63) is 70.8 Å². The number of carbonyl (C=O) groups excluding carboxylic acids is 2. The molecule has 0 radical (unpaired) electrons. The van der Waals surface area contributed by atoms with E-state index in [0.717, 1.165) is 24.1 Å². The molecule has 2 amide bonds. The first kappa shape index (κ1) is 17.8. The maximum atomic E-state index is 13.5. The summed E-state index contributed by atoms with van der Waals surface area (Å²) in [5.41, 5.74) is 4.30. The smallest absolute Gasteiger partial charge is 0.255 e. The summed E-state index contributed by atoms with van der Waals surface area (Å²) >= 11 is 0. The summed E-state index contributed by atoms with van der Waals surface area (Å²) in [5.74, 6) is 0.411. The van der Waals surface area contributed by atoms with Crippen LogP contribution in [0.2, 0.25) is 0 Å². The van der Waals surface area contributed by atoms with Gasteiger partial charge in [-0.1, -0.05) is 56.3 Å². The lowest BCUT2D eigenvalue weighted by Gasteiger charge is -2.36.